The SMILES string of the molecule is COc1ccc(C(N)c2cc3cccc(C)c3o2)cc1C. The van der Waals surface area contributed by atoms with E-state index in [0.29, 0.717) is 0 Å². The molecule has 0 radical (unpaired) electrons. The third-order valence-electron chi connectivity index (χ3n) is 3.84. The van der Waals surface area contributed by atoms with Gasteiger partial charge in [-0.05, 0) is 42.7 Å². The van der Waals surface area contributed by atoms with Crippen LogP contribution in [0.2, 0.25) is 0 Å². The highest BCUT2D eigenvalue weighted by molar-refractivity contribution is 5.81. The lowest BCUT2D eigenvalue weighted by molar-refractivity contribution is 0.411. The first-order valence-electron chi connectivity index (χ1n) is 6.99. The number of furan rings is 1. The molecule has 3 heteroatoms. The van der Waals surface area contributed by atoms with E-state index in [0.717, 1.165) is 39.2 Å². The number of fused-ring (bicyclic) bond motifs is 1. The van der Waals surface area contributed by atoms with Crippen LogP contribution in [0, 0.1) is 13.8 Å². The predicted octanol–water partition coefficient (Wildman–Crippen LogP) is 4.11. The predicted molar refractivity (Wildman–Crippen MR) is 84.7 cm³/mol. The van der Waals surface area contributed by atoms with E-state index < -0.39 is 0 Å². The Bertz CT molecular complexity index is 789. The summed E-state index contributed by atoms with van der Waals surface area (Å²) in [7, 11) is 1.67. The van der Waals surface area contributed by atoms with Crippen molar-refractivity contribution in [3.05, 3.63) is 64.9 Å². The summed E-state index contributed by atoms with van der Waals surface area (Å²) in [4.78, 5) is 0. The molecule has 1 heterocycles. The van der Waals surface area contributed by atoms with Crippen LogP contribution in [0.15, 0.2) is 46.9 Å². The summed E-state index contributed by atoms with van der Waals surface area (Å²) in [5, 5.41) is 1.09. The Hall–Kier alpha value is -2.26. The van der Waals surface area contributed by atoms with Gasteiger partial charge < -0.3 is 14.9 Å². The average Bonchev–Trinajstić information content (AvgIpc) is 2.92. The maximum Gasteiger partial charge on any atom is 0.137 e. The van der Waals surface area contributed by atoms with Crippen LogP contribution < -0.4 is 10.5 Å². The first kappa shape index (κ1) is 13.7. The number of ether oxygens (including phenoxy) is 1. The Morgan fingerprint density at radius 3 is 2.52 bits per heavy atom. The van der Waals surface area contributed by atoms with E-state index in [2.05, 4.69) is 0 Å². The normalized spacial score (nSPS) is 12.6. The molecule has 0 aliphatic rings. The van der Waals surface area contributed by atoms with E-state index in [1.54, 1.807) is 7.11 Å². The molecule has 2 N–H and O–H groups in total. The first-order chi connectivity index (χ1) is 10.1. The molecule has 108 valence electrons. The van der Waals surface area contributed by atoms with Crippen LogP contribution in [0.4, 0.5) is 0 Å². The van der Waals surface area contributed by atoms with Crippen molar-refractivity contribution in [2.75, 3.05) is 7.11 Å². The third-order valence-corrected chi connectivity index (χ3v) is 3.84. The zero-order valence-corrected chi connectivity index (χ0v) is 12.5. The lowest BCUT2D eigenvalue weighted by Crippen LogP contribution is -2.11. The van der Waals surface area contributed by atoms with Crippen LogP contribution in [0.1, 0.15) is 28.5 Å². The van der Waals surface area contributed by atoms with Gasteiger partial charge in [-0.25, -0.2) is 0 Å². The maximum absolute atomic E-state index is 6.36. The van der Waals surface area contributed by atoms with Crippen molar-refractivity contribution in [2.24, 2.45) is 5.73 Å². The van der Waals surface area contributed by atoms with E-state index in [4.69, 9.17) is 14.9 Å². The maximum atomic E-state index is 6.36. The van der Waals surface area contributed by atoms with E-state index in [-0.39, 0.29) is 6.04 Å². The van der Waals surface area contributed by atoms with Gasteiger partial charge in [-0.15, -0.1) is 0 Å². The Labute approximate surface area is 124 Å². The van der Waals surface area contributed by atoms with Gasteiger partial charge in [0.25, 0.3) is 0 Å². The highest BCUT2D eigenvalue weighted by atomic mass is 16.5. The van der Waals surface area contributed by atoms with E-state index in [1.165, 1.54) is 0 Å². The molecule has 3 nitrogen and oxygen atoms in total. The number of hydrogen-bond acceptors (Lipinski definition) is 3. The number of nitrogens with two attached hydrogens (primary N) is 1. The molecule has 2 aromatic carbocycles. The van der Waals surface area contributed by atoms with Crippen LogP contribution >= 0.6 is 0 Å². The lowest BCUT2D eigenvalue weighted by atomic mass is 10.0. The van der Waals surface area contributed by atoms with Gasteiger partial charge in [-0.2, -0.15) is 0 Å². The van der Waals surface area contributed by atoms with Crippen LogP contribution in [0.25, 0.3) is 11.0 Å². The zero-order chi connectivity index (χ0) is 15.0. The van der Waals surface area contributed by atoms with Crippen molar-refractivity contribution >= 4 is 11.0 Å². The summed E-state index contributed by atoms with van der Waals surface area (Å²) >= 11 is 0. The monoisotopic (exact) mass is 281 g/mol. The molecule has 3 rings (SSSR count). The number of hydrogen-bond donors (Lipinski definition) is 1. The minimum absolute atomic E-state index is 0.276. The second kappa shape index (κ2) is 5.26. The molecule has 3 aromatic rings. The molecular formula is C18H19NO2. The molecule has 1 atom stereocenters. The van der Waals surface area contributed by atoms with Crippen molar-refractivity contribution in [2.45, 2.75) is 19.9 Å². The fourth-order valence-electron chi connectivity index (χ4n) is 2.64. The number of rotatable bonds is 3. The zero-order valence-electron chi connectivity index (χ0n) is 12.5. The summed E-state index contributed by atoms with van der Waals surface area (Å²) in [6.45, 7) is 4.05. The van der Waals surface area contributed by atoms with Crippen LogP contribution in [-0.2, 0) is 0 Å². The van der Waals surface area contributed by atoms with Gasteiger partial charge in [0.2, 0.25) is 0 Å². The minimum atomic E-state index is -0.276. The summed E-state index contributed by atoms with van der Waals surface area (Å²) < 4.78 is 11.2. The second-order valence-corrected chi connectivity index (χ2v) is 5.35. The van der Waals surface area contributed by atoms with Crippen LogP contribution in [0.3, 0.4) is 0 Å². The van der Waals surface area contributed by atoms with E-state index in [1.807, 2.05) is 56.3 Å². The Morgan fingerprint density at radius 1 is 1.05 bits per heavy atom. The molecular weight excluding hydrogens is 262 g/mol. The highest BCUT2D eigenvalue weighted by Crippen LogP contribution is 2.30. The van der Waals surface area contributed by atoms with Crippen molar-refractivity contribution in [3.8, 4) is 5.75 Å². The molecule has 0 aliphatic carbocycles. The molecule has 0 saturated carbocycles. The van der Waals surface area contributed by atoms with Crippen LogP contribution in [-0.4, -0.2) is 7.11 Å². The number of aryl methyl sites for hydroxylation is 2. The fourth-order valence-corrected chi connectivity index (χ4v) is 2.64. The molecule has 21 heavy (non-hydrogen) atoms. The summed E-state index contributed by atoms with van der Waals surface area (Å²) in [5.41, 5.74) is 10.5. The topological polar surface area (TPSA) is 48.4 Å². The third kappa shape index (κ3) is 2.41. The quantitative estimate of drug-likeness (QED) is 0.786. The summed E-state index contributed by atoms with van der Waals surface area (Å²) in [6, 6.07) is 13.8. The highest BCUT2D eigenvalue weighted by Gasteiger charge is 2.16. The largest absolute Gasteiger partial charge is 0.496 e. The van der Waals surface area contributed by atoms with E-state index >= 15 is 0 Å². The van der Waals surface area contributed by atoms with Gasteiger partial charge in [0.05, 0.1) is 13.2 Å². The second-order valence-electron chi connectivity index (χ2n) is 5.35. The lowest BCUT2D eigenvalue weighted by Gasteiger charge is -2.12. The smallest absolute Gasteiger partial charge is 0.137 e. The molecule has 0 spiro atoms. The number of para-hydroxylation sites is 1. The minimum Gasteiger partial charge on any atom is -0.496 e. The molecule has 0 aliphatic heterocycles. The first-order valence-corrected chi connectivity index (χ1v) is 6.99. The van der Waals surface area contributed by atoms with Crippen molar-refractivity contribution in [1.29, 1.82) is 0 Å². The van der Waals surface area contributed by atoms with E-state index in [9.17, 15) is 0 Å². The fraction of sp³-hybridized carbons (Fsp3) is 0.222. The molecule has 1 unspecified atom stereocenters. The van der Waals surface area contributed by atoms with Gasteiger partial charge in [0, 0.05) is 5.39 Å². The Morgan fingerprint density at radius 2 is 1.86 bits per heavy atom. The average molecular weight is 281 g/mol. The molecule has 0 amide bonds. The van der Waals surface area contributed by atoms with Crippen LogP contribution in [0.5, 0.6) is 5.75 Å². The number of methoxy groups -OCH3 is 1. The number of benzene rings is 2. The van der Waals surface area contributed by atoms with Gasteiger partial charge >= 0.3 is 0 Å². The molecule has 0 fully saturated rings. The molecule has 1 aromatic heterocycles. The van der Waals surface area contributed by atoms with Crippen molar-refractivity contribution in [3.63, 3.8) is 0 Å². The molecule has 0 saturated heterocycles. The Balaban J connectivity index is 2.01. The summed E-state index contributed by atoms with van der Waals surface area (Å²) in [5.74, 6) is 1.65. The van der Waals surface area contributed by atoms with Gasteiger partial charge in [0.15, 0.2) is 0 Å². The molecule has 0 bridgehead atoms. The van der Waals surface area contributed by atoms with Gasteiger partial charge in [0.1, 0.15) is 17.1 Å². The van der Waals surface area contributed by atoms with Crippen molar-refractivity contribution < 1.29 is 9.15 Å². The van der Waals surface area contributed by atoms with Gasteiger partial charge in [-0.1, -0.05) is 30.3 Å². The Kier molecular flexibility index (Phi) is 3.43. The summed E-state index contributed by atoms with van der Waals surface area (Å²) in [6.07, 6.45) is 0. The standard InChI is InChI=1S/C18H19NO2/c1-11-5-4-6-14-10-16(21-18(11)14)17(19)13-7-8-15(20-3)12(2)9-13/h4-10,17H,19H2,1-3H3. The van der Waals surface area contributed by atoms with Gasteiger partial charge in [-0.3, -0.25) is 0 Å². The van der Waals surface area contributed by atoms with Crippen molar-refractivity contribution in [1.82, 2.24) is 0 Å².